The van der Waals surface area contributed by atoms with E-state index in [1.54, 1.807) is 0 Å². The third kappa shape index (κ3) is 17.2. The third-order valence-electron chi connectivity index (χ3n) is 28.8. The van der Waals surface area contributed by atoms with Gasteiger partial charge in [-0.2, -0.15) is 0 Å². The molecule has 0 nitrogen and oxygen atoms in total. The van der Waals surface area contributed by atoms with E-state index in [0.29, 0.717) is 0 Å². The topological polar surface area (TPSA) is 0 Å². The number of hydrogen-bond acceptors (Lipinski definition) is 0. The van der Waals surface area contributed by atoms with E-state index in [2.05, 4.69) is 523 Å². The molecule has 0 unspecified atom stereocenters. The predicted octanol–water partition coefficient (Wildman–Crippen LogP) is 39.1. The smallest absolute Gasteiger partial charge is 0.00236 e. The van der Waals surface area contributed by atoms with Gasteiger partial charge < -0.3 is 0 Å². The molecule has 0 amide bonds. The first kappa shape index (κ1) is 89.6. The molecule has 0 bridgehead atoms. The first-order chi connectivity index (χ1) is 66.2. The highest BCUT2D eigenvalue weighted by atomic mass is 14.2. The summed E-state index contributed by atoms with van der Waals surface area (Å²) in [6.45, 7) is 35.1. The van der Waals surface area contributed by atoms with Gasteiger partial charge in [0, 0.05) is 0 Å². The average molecular weight is 1750 g/mol. The minimum absolute atomic E-state index is 1.32. The second-order valence-corrected chi connectivity index (χ2v) is 37.5. The second-order valence-electron chi connectivity index (χ2n) is 37.5. The van der Waals surface area contributed by atoms with Crippen molar-refractivity contribution >= 4 is 183 Å². The lowest BCUT2D eigenvalue weighted by atomic mass is 9.86. The quantitative estimate of drug-likeness (QED) is 0.114. The molecule has 0 spiro atoms. The maximum Gasteiger partial charge on any atom is -0.00236 e. The summed E-state index contributed by atoms with van der Waals surface area (Å²) < 4.78 is 0. The molecule has 136 heavy (non-hydrogen) atoms. The molecule has 26 aromatic rings. The summed E-state index contributed by atoms with van der Waals surface area (Å²) in [5.74, 6) is 0. The zero-order valence-corrected chi connectivity index (χ0v) is 81.3. The fourth-order valence-corrected chi connectivity index (χ4v) is 21.7. The Hall–Kier alpha value is -15.6. The number of hydrogen-bond donors (Lipinski definition) is 0. The van der Waals surface area contributed by atoms with Gasteiger partial charge in [-0.05, 0) is 400 Å². The molecule has 0 saturated carbocycles. The lowest BCUT2D eigenvalue weighted by Gasteiger charge is -2.17. The molecular formula is C136H116. The van der Waals surface area contributed by atoms with Crippen molar-refractivity contribution in [2.75, 3.05) is 0 Å². The Morgan fingerprint density at radius 2 is 0.346 bits per heavy atom. The van der Waals surface area contributed by atoms with Crippen LogP contribution in [0.1, 0.15) is 89.0 Å². The maximum atomic E-state index is 2.30. The van der Waals surface area contributed by atoms with Crippen molar-refractivity contribution in [1.29, 1.82) is 0 Å². The molecule has 0 saturated heterocycles. The lowest BCUT2D eigenvalue weighted by Crippen LogP contribution is -1.90. The molecule has 0 heterocycles. The van der Waals surface area contributed by atoms with Gasteiger partial charge in [0.15, 0.2) is 0 Å². The Morgan fingerprint density at radius 3 is 0.801 bits per heavy atom. The van der Waals surface area contributed by atoms with E-state index in [9.17, 15) is 0 Å². The summed E-state index contributed by atoms with van der Waals surface area (Å²) in [7, 11) is 0. The monoisotopic (exact) mass is 1750 g/mol. The van der Waals surface area contributed by atoms with Crippen LogP contribution in [0.5, 0.6) is 0 Å². The van der Waals surface area contributed by atoms with Crippen molar-refractivity contribution in [1.82, 2.24) is 0 Å². The molecule has 0 aliphatic carbocycles. The van der Waals surface area contributed by atoms with Crippen LogP contribution in [0.4, 0.5) is 0 Å². The largest absolute Gasteiger partial charge is 0.0620 e. The van der Waals surface area contributed by atoms with Crippen LogP contribution in [0.25, 0.3) is 194 Å². The van der Waals surface area contributed by atoms with Crippen LogP contribution in [0.2, 0.25) is 0 Å². The molecule has 0 aliphatic heterocycles. The summed E-state index contributed by atoms with van der Waals surface area (Å²) in [5.41, 5.74) is 24.5. The Balaban J connectivity index is 0.000000100. The zero-order valence-electron chi connectivity index (χ0n) is 81.3. The molecule has 0 N–H and O–H groups in total. The molecule has 0 aromatic heterocycles. The van der Waals surface area contributed by atoms with Crippen molar-refractivity contribution in [2.24, 2.45) is 0 Å². The Bertz CT molecular complexity index is 8750. The average Bonchev–Trinajstić information content (AvgIpc) is 0.708. The van der Waals surface area contributed by atoms with Crippen LogP contribution in [0.15, 0.2) is 413 Å². The molecule has 0 atom stereocenters. The van der Waals surface area contributed by atoms with E-state index in [4.69, 9.17) is 0 Å². The fraction of sp³-hybridized carbons (Fsp3) is 0.118. The van der Waals surface area contributed by atoms with Crippen LogP contribution >= 0.6 is 0 Å². The first-order valence-electron chi connectivity index (χ1n) is 48.0. The van der Waals surface area contributed by atoms with E-state index in [1.807, 2.05) is 0 Å². The minimum Gasteiger partial charge on any atom is -0.0620 e. The standard InChI is InChI=1S/C22H16.C20H16.5C16H14.C14H14/c1-13-9-11-15-5-3-7-17-18-8-4-6-16-12-10-14(2)20(22(16)18)19(13)21(15)17;1-13-7-5-11-17-15-9-3-4-10-16(15)18-12-6-8-14(2)20(18)19(13)17;1-11-5-3-7-13-9-10-14-8-4-6-12(2)16(14)15(11)13;1-11-12(2)14-8-4-6-10-16(14)15-9-5-3-7-13(11)15;1-11-6-5-8-14-10-13-7-3-4-9-15(13)12(2)16(11)14;1-11-6-5-9-15-14-8-4-3-7-13(14)10-12(2)16(11)15;1-11-9-14-8-7-13-5-3-4-6-15(13)16(14)10-12(11)2;1-11-7-3-5-9-13(11)14-10-6-4-8-12(14)2/h3-12H,1-2H3;3-12H,1-2H3;5*3-10H,1-2H3;3-10H,1-2H3. The van der Waals surface area contributed by atoms with Crippen LogP contribution in [0.3, 0.4) is 0 Å². The van der Waals surface area contributed by atoms with Crippen LogP contribution in [0, 0.1) is 111 Å². The van der Waals surface area contributed by atoms with Crippen molar-refractivity contribution < 1.29 is 0 Å². The van der Waals surface area contributed by atoms with Crippen LogP contribution in [-0.4, -0.2) is 0 Å². The van der Waals surface area contributed by atoms with E-state index >= 15 is 0 Å². The molecule has 0 aliphatic rings. The third-order valence-corrected chi connectivity index (χ3v) is 28.8. The SMILES string of the molecule is Cc1c(C)c2ccccc2c2ccccc12.Cc1cc2ccc3ccccc3c2cc1C.Cc1ccc2cccc3c4cccc5ccc(C)c(c1c23)c54.Cc1cccc2c1c(C)cc1ccccc12.Cc1cccc2c3ccccc3c3cccc(C)c3c12.Cc1cccc2cc3ccccc3c(C)c12.Cc1cccc2ccc3cccc(C)c3c12.Cc1ccccc1-c1ccccc1C. The van der Waals surface area contributed by atoms with E-state index in [0.717, 1.165) is 0 Å². The van der Waals surface area contributed by atoms with Crippen molar-refractivity contribution in [3.63, 3.8) is 0 Å². The Kier molecular flexibility index (Phi) is 25.4. The van der Waals surface area contributed by atoms with Crippen LogP contribution < -0.4 is 0 Å². The Morgan fingerprint density at radius 1 is 0.0956 bits per heavy atom. The maximum absolute atomic E-state index is 2.30. The van der Waals surface area contributed by atoms with Gasteiger partial charge in [-0.1, -0.05) is 406 Å². The Labute approximate surface area is 800 Å². The predicted molar refractivity (Wildman–Crippen MR) is 602 cm³/mol. The van der Waals surface area contributed by atoms with Gasteiger partial charge in [0.2, 0.25) is 0 Å². The number of fused-ring (bicyclic) bond motifs is 22. The summed E-state index contributed by atoms with van der Waals surface area (Å²) >= 11 is 0. The highest BCUT2D eigenvalue weighted by Crippen LogP contribution is 2.45. The van der Waals surface area contributed by atoms with E-state index < -0.39 is 0 Å². The molecule has 0 fully saturated rings. The molecule has 660 valence electrons. The van der Waals surface area contributed by atoms with Gasteiger partial charge in [0.25, 0.3) is 0 Å². The number of rotatable bonds is 1. The molecule has 0 radical (unpaired) electrons. The normalized spacial score (nSPS) is 11.2. The second kappa shape index (κ2) is 38.5. The molecule has 26 aromatic carbocycles. The fourth-order valence-electron chi connectivity index (χ4n) is 21.7. The molecule has 26 rings (SSSR count). The molecular weight excluding hydrogens is 1630 g/mol. The zero-order chi connectivity index (χ0) is 94.1. The molecule has 0 heteroatoms. The van der Waals surface area contributed by atoms with E-state index in [-0.39, 0.29) is 0 Å². The highest BCUT2D eigenvalue weighted by Gasteiger charge is 2.18. The lowest BCUT2D eigenvalue weighted by molar-refractivity contribution is 1.37. The number of benzene rings is 26. The summed E-state index contributed by atoms with van der Waals surface area (Å²) in [4.78, 5) is 0. The summed E-state index contributed by atoms with van der Waals surface area (Å²) in [5, 5.41) is 46.5. The van der Waals surface area contributed by atoms with Crippen molar-refractivity contribution in [3.05, 3.63) is 502 Å². The van der Waals surface area contributed by atoms with E-state index in [1.165, 1.54) is 283 Å². The van der Waals surface area contributed by atoms with Gasteiger partial charge in [0.1, 0.15) is 0 Å². The van der Waals surface area contributed by atoms with Gasteiger partial charge >= 0.3 is 0 Å². The van der Waals surface area contributed by atoms with Crippen molar-refractivity contribution in [2.45, 2.75) is 111 Å². The van der Waals surface area contributed by atoms with Gasteiger partial charge in [-0.3, -0.25) is 0 Å². The van der Waals surface area contributed by atoms with Crippen LogP contribution in [-0.2, 0) is 0 Å². The summed E-state index contributed by atoms with van der Waals surface area (Å²) in [6, 6.07) is 148. The number of aryl methyl sites for hydroxylation is 16. The van der Waals surface area contributed by atoms with Crippen molar-refractivity contribution in [3.8, 4) is 11.1 Å². The van der Waals surface area contributed by atoms with Gasteiger partial charge in [-0.15, -0.1) is 0 Å². The minimum atomic E-state index is 1.32. The van der Waals surface area contributed by atoms with Gasteiger partial charge in [0.05, 0.1) is 0 Å². The highest BCUT2D eigenvalue weighted by molar-refractivity contribution is 6.34. The van der Waals surface area contributed by atoms with Gasteiger partial charge in [-0.25, -0.2) is 0 Å². The summed E-state index contributed by atoms with van der Waals surface area (Å²) in [6.07, 6.45) is 0. The first-order valence-corrected chi connectivity index (χ1v) is 48.0.